The predicted octanol–water partition coefficient (Wildman–Crippen LogP) is 3.45. The molecule has 1 saturated carbocycles. The molecule has 1 aromatic carbocycles. The SMILES string of the molecule is CC(c1ccc(F)cc1)C(C)(C)C1(N)CC1. The lowest BCUT2D eigenvalue weighted by Crippen LogP contribution is -2.43. The van der Waals surface area contributed by atoms with Gasteiger partial charge in [-0.15, -0.1) is 0 Å². The Balaban J connectivity index is 2.24. The Kier molecular flexibility index (Phi) is 2.58. The molecule has 2 rings (SSSR count). The van der Waals surface area contributed by atoms with E-state index in [9.17, 15) is 4.39 Å². The van der Waals surface area contributed by atoms with Crippen molar-refractivity contribution in [3.05, 3.63) is 35.6 Å². The van der Waals surface area contributed by atoms with Gasteiger partial charge in [0.15, 0.2) is 0 Å². The maximum absolute atomic E-state index is 12.9. The Morgan fingerprint density at radius 1 is 1.25 bits per heavy atom. The summed E-state index contributed by atoms with van der Waals surface area (Å²) in [5, 5.41) is 0. The lowest BCUT2D eigenvalue weighted by molar-refractivity contribution is 0.218. The number of nitrogens with two attached hydrogens (primary N) is 1. The zero-order valence-corrected chi connectivity index (χ0v) is 10.3. The molecule has 1 aliphatic rings. The summed E-state index contributed by atoms with van der Waals surface area (Å²) >= 11 is 0. The van der Waals surface area contributed by atoms with Crippen LogP contribution in [0, 0.1) is 11.2 Å². The van der Waals surface area contributed by atoms with E-state index in [1.54, 1.807) is 0 Å². The zero-order valence-electron chi connectivity index (χ0n) is 10.3. The van der Waals surface area contributed by atoms with Crippen LogP contribution in [0.4, 0.5) is 4.39 Å². The molecule has 1 unspecified atom stereocenters. The van der Waals surface area contributed by atoms with Gasteiger partial charge in [0.2, 0.25) is 0 Å². The molecule has 0 bridgehead atoms. The molecule has 2 heteroatoms. The molecule has 88 valence electrons. The van der Waals surface area contributed by atoms with E-state index in [1.165, 1.54) is 17.7 Å². The quantitative estimate of drug-likeness (QED) is 0.831. The highest BCUT2D eigenvalue weighted by atomic mass is 19.1. The summed E-state index contributed by atoms with van der Waals surface area (Å²) in [5.74, 6) is 0.170. The minimum atomic E-state index is -0.178. The summed E-state index contributed by atoms with van der Waals surface area (Å²) in [7, 11) is 0. The monoisotopic (exact) mass is 221 g/mol. The first kappa shape index (κ1) is 11.6. The van der Waals surface area contributed by atoms with E-state index in [0.717, 1.165) is 12.8 Å². The summed E-state index contributed by atoms with van der Waals surface area (Å²) in [4.78, 5) is 0. The largest absolute Gasteiger partial charge is 0.325 e. The summed E-state index contributed by atoms with van der Waals surface area (Å²) in [6.45, 7) is 6.61. The van der Waals surface area contributed by atoms with E-state index >= 15 is 0 Å². The molecule has 1 nitrogen and oxygen atoms in total. The van der Waals surface area contributed by atoms with Gasteiger partial charge in [-0.2, -0.15) is 0 Å². The van der Waals surface area contributed by atoms with Crippen LogP contribution in [0.1, 0.15) is 45.1 Å². The second-order valence-corrected chi connectivity index (χ2v) is 5.65. The van der Waals surface area contributed by atoms with Gasteiger partial charge in [-0.05, 0) is 41.9 Å². The van der Waals surface area contributed by atoms with Crippen LogP contribution in [0.15, 0.2) is 24.3 Å². The van der Waals surface area contributed by atoms with Gasteiger partial charge in [-0.1, -0.05) is 32.9 Å². The Morgan fingerprint density at radius 3 is 2.19 bits per heavy atom. The first-order chi connectivity index (χ1) is 7.37. The van der Waals surface area contributed by atoms with Crippen molar-refractivity contribution < 1.29 is 4.39 Å². The number of halogens is 1. The molecule has 0 spiro atoms. The molecule has 2 N–H and O–H groups in total. The Hall–Kier alpha value is -0.890. The highest BCUT2D eigenvalue weighted by Crippen LogP contribution is 2.54. The second kappa shape index (κ2) is 3.56. The first-order valence-corrected chi connectivity index (χ1v) is 5.91. The van der Waals surface area contributed by atoms with E-state index in [1.807, 2.05) is 12.1 Å². The number of hydrogen-bond donors (Lipinski definition) is 1. The molecule has 0 radical (unpaired) electrons. The molecule has 0 aliphatic heterocycles. The van der Waals surface area contributed by atoms with Crippen LogP contribution in [0.2, 0.25) is 0 Å². The molecule has 1 aliphatic carbocycles. The predicted molar refractivity (Wildman–Crippen MR) is 64.7 cm³/mol. The van der Waals surface area contributed by atoms with Gasteiger partial charge < -0.3 is 5.73 Å². The number of rotatable bonds is 3. The van der Waals surface area contributed by atoms with Crippen molar-refractivity contribution in [1.82, 2.24) is 0 Å². The van der Waals surface area contributed by atoms with Crippen molar-refractivity contribution in [3.8, 4) is 0 Å². The highest BCUT2D eigenvalue weighted by Gasteiger charge is 2.53. The van der Waals surface area contributed by atoms with Gasteiger partial charge in [0.1, 0.15) is 5.82 Å². The van der Waals surface area contributed by atoms with Gasteiger partial charge in [0.05, 0.1) is 0 Å². The summed E-state index contributed by atoms with van der Waals surface area (Å²) in [6, 6.07) is 6.79. The van der Waals surface area contributed by atoms with Gasteiger partial charge in [-0.25, -0.2) is 4.39 Å². The normalized spacial score (nSPS) is 20.6. The van der Waals surface area contributed by atoms with Crippen molar-refractivity contribution in [2.45, 2.75) is 45.1 Å². The Morgan fingerprint density at radius 2 is 1.75 bits per heavy atom. The maximum Gasteiger partial charge on any atom is 0.123 e. The van der Waals surface area contributed by atoms with E-state index in [0.29, 0.717) is 5.92 Å². The van der Waals surface area contributed by atoms with Crippen molar-refractivity contribution in [1.29, 1.82) is 0 Å². The lowest BCUT2D eigenvalue weighted by Gasteiger charge is -2.38. The van der Waals surface area contributed by atoms with E-state index < -0.39 is 0 Å². The van der Waals surface area contributed by atoms with Crippen LogP contribution in [-0.4, -0.2) is 5.54 Å². The van der Waals surface area contributed by atoms with Crippen molar-refractivity contribution in [2.75, 3.05) is 0 Å². The number of benzene rings is 1. The van der Waals surface area contributed by atoms with Crippen LogP contribution in [-0.2, 0) is 0 Å². The maximum atomic E-state index is 12.9. The van der Waals surface area contributed by atoms with Crippen molar-refractivity contribution in [2.24, 2.45) is 11.1 Å². The molecule has 16 heavy (non-hydrogen) atoms. The second-order valence-electron chi connectivity index (χ2n) is 5.65. The zero-order chi connectivity index (χ0) is 12.0. The molecule has 0 aromatic heterocycles. The molecule has 0 saturated heterocycles. The molecule has 1 aromatic rings. The van der Waals surface area contributed by atoms with E-state index in [4.69, 9.17) is 5.73 Å². The average Bonchev–Trinajstić information content (AvgIpc) is 2.98. The van der Waals surface area contributed by atoms with Gasteiger partial charge >= 0.3 is 0 Å². The third-order valence-electron chi connectivity index (χ3n) is 4.52. The third-order valence-corrected chi connectivity index (χ3v) is 4.52. The Labute approximate surface area is 96.9 Å². The van der Waals surface area contributed by atoms with Crippen LogP contribution in [0.3, 0.4) is 0 Å². The smallest absolute Gasteiger partial charge is 0.123 e. The summed E-state index contributed by atoms with van der Waals surface area (Å²) < 4.78 is 12.9. The Bertz CT molecular complexity index is 376. The van der Waals surface area contributed by atoms with Gasteiger partial charge in [-0.3, -0.25) is 0 Å². The molecule has 0 amide bonds. The van der Waals surface area contributed by atoms with Gasteiger partial charge in [0.25, 0.3) is 0 Å². The first-order valence-electron chi connectivity index (χ1n) is 5.91. The van der Waals surface area contributed by atoms with Crippen LogP contribution in [0.25, 0.3) is 0 Å². The number of hydrogen-bond acceptors (Lipinski definition) is 1. The fraction of sp³-hybridized carbons (Fsp3) is 0.571. The standard InChI is InChI=1S/C14H20FN/c1-10(11-4-6-12(15)7-5-11)13(2,3)14(16)8-9-14/h4-7,10H,8-9,16H2,1-3H3. The fourth-order valence-electron chi connectivity index (χ4n) is 2.38. The van der Waals surface area contributed by atoms with Crippen LogP contribution >= 0.6 is 0 Å². The van der Waals surface area contributed by atoms with E-state index in [-0.39, 0.29) is 16.8 Å². The highest BCUT2D eigenvalue weighted by molar-refractivity contribution is 5.25. The van der Waals surface area contributed by atoms with Crippen LogP contribution in [0.5, 0.6) is 0 Å². The fourth-order valence-corrected chi connectivity index (χ4v) is 2.38. The third kappa shape index (κ3) is 1.75. The van der Waals surface area contributed by atoms with Crippen LogP contribution < -0.4 is 5.73 Å². The van der Waals surface area contributed by atoms with E-state index in [2.05, 4.69) is 20.8 Å². The lowest BCUT2D eigenvalue weighted by atomic mass is 9.69. The topological polar surface area (TPSA) is 26.0 Å². The van der Waals surface area contributed by atoms with Crippen molar-refractivity contribution >= 4 is 0 Å². The molecule has 1 fully saturated rings. The minimum Gasteiger partial charge on any atom is -0.325 e. The average molecular weight is 221 g/mol. The summed E-state index contributed by atoms with van der Waals surface area (Å²) in [5.41, 5.74) is 7.52. The van der Waals surface area contributed by atoms with Gasteiger partial charge in [0, 0.05) is 5.54 Å². The molecule has 0 heterocycles. The molecule has 1 atom stereocenters. The molecular formula is C14H20FN. The molecular weight excluding hydrogens is 201 g/mol. The summed E-state index contributed by atoms with van der Waals surface area (Å²) in [6.07, 6.45) is 2.21. The van der Waals surface area contributed by atoms with Crippen molar-refractivity contribution in [3.63, 3.8) is 0 Å². The minimum absolute atomic E-state index is 0.0270.